The number of nitriles is 1. The first-order chi connectivity index (χ1) is 17.0. The van der Waals surface area contributed by atoms with Crippen LogP contribution in [0.15, 0.2) is 83.7 Å². The van der Waals surface area contributed by atoms with E-state index in [-0.39, 0.29) is 15.8 Å². The lowest BCUT2D eigenvalue weighted by Gasteiger charge is -2.09. The Bertz CT molecular complexity index is 1580. The second-order valence-electron chi connectivity index (χ2n) is 7.31. The fraction of sp³-hybridized carbons (Fsp3) is 0.0741. The van der Waals surface area contributed by atoms with Gasteiger partial charge in [-0.15, -0.1) is 11.3 Å². The molecule has 0 atom stereocenters. The Morgan fingerprint density at radius 1 is 0.971 bits per heavy atom. The summed E-state index contributed by atoms with van der Waals surface area (Å²) in [6.45, 7) is 0. The molecule has 0 aliphatic carbocycles. The molecule has 35 heavy (non-hydrogen) atoms. The number of benzene rings is 3. The van der Waals surface area contributed by atoms with Crippen molar-refractivity contribution in [3.63, 3.8) is 0 Å². The lowest BCUT2D eigenvalue weighted by atomic mass is 10.2. The third kappa shape index (κ3) is 5.00. The van der Waals surface area contributed by atoms with Gasteiger partial charge < -0.3 is 14.8 Å². The number of para-hydroxylation sites is 3. The van der Waals surface area contributed by atoms with E-state index in [1.54, 1.807) is 73.8 Å². The first-order valence-electron chi connectivity index (χ1n) is 10.6. The number of thiazole rings is 1. The maximum atomic E-state index is 13.5. The molecule has 4 aromatic rings. The van der Waals surface area contributed by atoms with Gasteiger partial charge in [-0.3, -0.25) is 14.2 Å². The van der Waals surface area contributed by atoms with Crippen molar-refractivity contribution in [3.05, 3.63) is 104 Å². The van der Waals surface area contributed by atoms with Crippen LogP contribution in [-0.4, -0.2) is 24.7 Å². The van der Waals surface area contributed by atoms with Gasteiger partial charge in [0.2, 0.25) is 0 Å². The van der Waals surface area contributed by atoms with Crippen molar-refractivity contribution in [2.24, 2.45) is 0 Å². The van der Waals surface area contributed by atoms with Crippen LogP contribution in [0.4, 0.5) is 5.69 Å². The number of aromatic nitrogens is 1. The molecule has 0 aliphatic rings. The Balaban J connectivity index is 1.92. The Kier molecular flexibility index (Phi) is 7.10. The summed E-state index contributed by atoms with van der Waals surface area (Å²) in [5, 5.41) is 12.7. The number of hydrogen-bond acceptors (Lipinski definition) is 6. The molecule has 174 valence electrons. The van der Waals surface area contributed by atoms with Crippen molar-refractivity contribution in [2.75, 3.05) is 19.5 Å². The molecule has 0 saturated carbocycles. The van der Waals surface area contributed by atoms with Gasteiger partial charge in [0.25, 0.3) is 11.5 Å². The average Bonchev–Trinajstić information content (AvgIpc) is 3.21. The van der Waals surface area contributed by atoms with Crippen LogP contribution in [0.1, 0.15) is 5.56 Å². The SMILES string of the molecule is COc1ccc(/C=c2\s/c(=C(/C#N)C(=O)Nc3ccccc3OC)n(-c3ccccc3)c2=O)cc1. The Morgan fingerprint density at radius 3 is 2.31 bits per heavy atom. The number of carbonyl (C=O) groups is 1. The number of hydrogen-bond donors (Lipinski definition) is 1. The highest BCUT2D eigenvalue weighted by atomic mass is 32.1. The molecule has 1 heterocycles. The second kappa shape index (κ2) is 10.5. The van der Waals surface area contributed by atoms with Crippen molar-refractivity contribution >= 4 is 34.6 Å². The van der Waals surface area contributed by atoms with Gasteiger partial charge in [-0.05, 0) is 48.0 Å². The van der Waals surface area contributed by atoms with E-state index in [0.29, 0.717) is 27.4 Å². The average molecular weight is 484 g/mol. The highest BCUT2D eigenvalue weighted by molar-refractivity contribution is 7.07. The van der Waals surface area contributed by atoms with Gasteiger partial charge in [0, 0.05) is 0 Å². The van der Waals surface area contributed by atoms with Crippen molar-refractivity contribution in [3.8, 4) is 23.3 Å². The van der Waals surface area contributed by atoms with Crippen molar-refractivity contribution in [2.45, 2.75) is 0 Å². The van der Waals surface area contributed by atoms with Crippen LogP contribution >= 0.6 is 11.3 Å². The summed E-state index contributed by atoms with van der Waals surface area (Å²) >= 11 is 1.08. The summed E-state index contributed by atoms with van der Waals surface area (Å²) in [5.41, 5.74) is 1.24. The minimum absolute atomic E-state index is 0.184. The zero-order valence-corrected chi connectivity index (χ0v) is 19.8. The van der Waals surface area contributed by atoms with Crippen LogP contribution in [0.3, 0.4) is 0 Å². The number of amides is 1. The molecule has 4 rings (SSSR count). The van der Waals surface area contributed by atoms with Crippen molar-refractivity contribution in [1.29, 1.82) is 5.26 Å². The molecule has 1 amide bonds. The van der Waals surface area contributed by atoms with E-state index in [1.165, 1.54) is 11.7 Å². The molecule has 3 aromatic carbocycles. The minimum atomic E-state index is -0.640. The van der Waals surface area contributed by atoms with E-state index in [1.807, 2.05) is 24.3 Å². The van der Waals surface area contributed by atoms with E-state index in [0.717, 1.165) is 16.9 Å². The summed E-state index contributed by atoms with van der Waals surface area (Å²) in [4.78, 5) is 26.6. The number of ether oxygens (including phenoxy) is 2. The maximum absolute atomic E-state index is 13.5. The van der Waals surface area contributed by atoms with Gasteiger partial charge in [0.15, 0.2) is 5.57 Å². The fourth-order valence-electron chi connectivity index (χ4n) is 3.44. The van der Waals surface area contributed by atoms with Gasteiger partial charge in [-0.2, -0.15) is 5.26 Å². The normalized spacial score (nSPS) is 12.0. The fourth-order valence-corrected chi connectivity index (χ4v) is 4.54. The number of nitrogens with zero attached hydrogens (tertiary/aromatic N) is 2. The molecule has 0 bridgehead atoms. The number of anilines is 1. The van der Waals surface area contributed by atoms with Crippen LogP contribution in [0.5, 0.6) is 11.5 Å². The maximum Gasteiger partial charge on any atom is 0.273 e. The predicted octanol–water partition coefficient (Wildman–Crippen LogP) is 3.06. The van der Waals surface area contributed by atoms with Crippen LogP contribution in [0.2, 0.25) is 0 Å². The quantitative estimate of drug-likeness (QED) is 0.455. The predicted molar refractivity (Wildman–Crippen MR) is 136 cm³/mol. The number of nitrogens with one attached hydrogen (secondary N) is 1. The first-order valence-corrected chi connectivity index (χ1v) is 11.4. The van der Waals surface area contributed by atoms with E-state index >= 15 is 0 Å². The number of carbonyl (C=O) groups excluding carboxylic acids is 1. The molecule has 0 fully saturated rings. The highest BCUT2D eigenvalue weighted by Crippen LogP contribution is 2.23. The molecule has 0 unspecified atom stereocenters. The Hall–Kier alpha value is -4.61. The van der Waals surface area contributed by atoms with E-state index in [9.17, 15) is 14.9 Å². The third-order valence-corrected chi connectivity index (χ3v) is 6.25. The van der Waals surface area contributed by atoms with Crippen LogP contribution in [-0.2, 0) is 4.79 Å². The smallest absolute Gasteiger partial charge is 0.273 e. The van der Waals surface area contributed by atoms with Gasteiger partial charge in [0.05, 0.1) is 30.1 Å². The first kappa shape index (κ1) is 23.5. The van der Waals surface area contributed by atoms with Gasteiger partial charge in [-0.25, -0.2) is 0 Å². The van der Waals surface area contributed by atoms with Crippen molar-refractivity contribution < 1.29 is 14.3 Å². The molecule has 0 saturated heterocycles. The van der Waals surface area contributed by atoms with E-state index in [2.05, 4.69) is 5.32 Å². The van der Waals surface area contributed by atoms with Gasteiger partial charge >= 0.3 is 0 Å². The molecular formula is C27H21N3O4S. The number of methoxy groups -OCH3 is 2. The van der Waals surface area contributed by atoms with Crippen LogP contribution in [0, 0.1) is 11.3 Å². The highest BCUT2D eigenvalue weighted by Gasteiger charge is 2.18. The summed E-state index contributed by atoms with van der Waals surface area (Å²) in [6, 6.07) is 25.0. The molecule has 0 spiro atoms. The molecule has 1 N–H and O–H groups in total. The molecular weight excluding hydrogens is 462 g/mol. The van der Waals surface area contributed by atoms with Crippen LogP contribution < -0.4 is 29.5 Å². The molecule has 8 heteroatoms. The second-order valence-corrected chi connectivity index (χ2v) is 8.34. The third-order valence-electron chi connectivity index (χ3n) is 5.16. The van der Waals surface area contributed by atoms with E-state index in [4.69, 9.17) is 9.47 Å². The van der Waals surface area contributed by atoms with Crippen LogP contribution in [0.25, 0.3) is 17.3 Å². The standard InChI is InChI=1S/C27H21N3O4S/c1-33-20-14-12-18(13-15-20)16-24-26(32)30(19-8-4-3-5-9-19)27(35-24)21(17-28)25(31)29-22-10-6-7-11-23(22)34-2/h3-16H,1-2H3,(H,29,31)/b24-16-,27-21-. The minimum Gasteiger partial charge on any atom is -0.497 e. The zero-order valence-electron chi connectivity index (χ0n) is 19.0. The molecule has 1 aromatic heterocycles. The summed E-state index contributed by atoms with van der Waals surface area (Å²) in [7, 11) is 3.08. The van der Waals surface area contributed by atoms with Gasteiger partial charge in [-0.1, -0.05) is 42.5 Å². The lowest BCUT2D eigenvalue weighted by Crippen LogP contribution is -2.32. The van der Waals surface area contributed by atoms with Crippen molar-refractivity contribution in [1.82, 2.24) is 4.57 Å². The lowest BCUT2D eigenvalue weighted by molar-refractivity contribution is -0.111. The molecule has 0 aliphatic heterocycles. The molecule has 0 radical (unpaired) electrons. The number of rotatable bonds is 6. The van der Waals surface area contributed by atoms with Gasteiger partial charge in [0.1, 0.15) is 22.2 Å². The Morgan fingerprint density at radius 2 is 1.66 bits per heavy atom. The Labute approximate surface area is 205 Å². The molecule has 7 nitrogen and oxygen atoms in total. The zero-order chi connectivity index (χ0) is 24.8. The summed E-state index contributed by atoms with van der Waals surface area (Å²) in [5.74, 6) is 0.515. The topological polar surface area (TPSA) is 93.3 Å². The summed E-state index contributed by atoms with van der Waals surface area (Å²) in [6.07, 6.45) is 1.72. The summed E-state index contributed by atoms with van der Waals surface area (Å²) < 4.78 is 12.5. The monoisotopic (exact) mass is 483 g/mol. The van der Waals surface area contributed by atoms with E-state index < -0.39 is 5.91 Å². The largest absolute Gasteiger partial charge is 0.497 e.